The van der Waals surface area contributed by atoms with Gasteiger partial charge < -0.3 is 14.8 Å². The van der Waals surface area contributed by atoms with Gasteiger partial charge >= 0.3 is 0 Å². The van der Waals surface area contributed by atoms with E-state index in [-0.39, 0.29) is 11.7 Å². The van der Waals surface area contributed by atoms with Gasteiger partial charge in [-0.1, -0.05) is 24.3 Å². The third-order valence-electron chi connectivity index (χ3n) is 4.72. The molecule has 0 bridgehead atoms. The zero-order valence-corrected chi connectivity index (χ0v) is 16.5. The number of hydrogen-bond acceptors (Lipinski definition) is 5. The number of nitrogens with zero attached hydrogens (tertiary/aromatic N) is 2. The molecule has 7 heteroatoms. The molecule has 7 nitrogen and oxygen atoms in total. The van der Waals surface area contributed by atoms with Gasteiger partial charge in [0.2, 0.25) is 0 Å². The molecular formula is C23H20N4O3. The van der Waals surface area contributed by atoms with Crippen LogP contribution in [-0.4, -0.2) is 34.3 Å². The van der Waals surface area contributed by atoms with Gasteiger partial charge in [-0.25, -0.2) is 10.4 Å². The number of amides is 1. The van der Waals surface area contributed by atoms with Gasteiger partial charge in [0.15, 0.2) is 11.5 Å². The number of carbonyl (C=O) groups is 1. The van der Waals surface area contributed by atoms with E-state index in [0.717, 1.165) is 28.0 Å². The number of ether oxygens (including phenoxy) is 1. The summed E-state index contributed by atoms with van der Waals surface area (Å²) in [5.74, 6) is 0.801. The van der Waals surface area contributed by atoms with Crippen molar-refractivity contribution in [2.24, 2.45) is 5.10 Å². The molecule has 1 heterocycles. The van der Waals surface area contributed by atoms with Crippen LogP contribution in [0.3, 0.4) is 0 Å². The van der Waals surface area contributed by atoms with Crippen molar-refractivity contribution in [3.05, 3.63) is 77.4 Å². The van der Waals surface area contributed by atoms with Crippen molar-refractivity contribution in [3.63, 3.8) is 0 Å². The van der Waals surface area contributed by atoms with E-state index in [0.29, 0.717) is 16.9 Å². The van der Waals surface area contributed by atoms with E-state index in [2.05, 4.69) is 20.5 Å². The van der Waals surface area contributed by atoms with Crippen molar-refractivity contribution in [1.82, 2.24) is 15.4 Å². The van der Waals surface area contributed by atoms with Crippen molar-refractivity contribution < 1.29 is 14.6 Å². The van der Waals surface area contributed by atoms with Crippen molar-refractivity contribution >= 4 is 23.2 Å². The van der Waals surface area contributed by atoms with E-state index in [1.54, 1.807) is 24.3 Å². The molecule has 0 spiro atoms. The first kappa shape index (κ1) is 19.2. The minimum Gasteiger partial charge on any atom is -0.504 e. The number of hydrazone groups is 1. The molecule has 0 saturated carbocycles. The van der Waals surface area contributed by atoms with E-state index >= 15 is 0 Å². The number of aryl methyl sites for hydroxylation is 1. The number of H-pyrrole nitrogens is 1. The highest BCUT2D eigenvalue weighted by molar-refractivity contribution is 5.95. The third kappa shape index (κ3) is 3.86. The molecule has 1 amide bonds. The van der Waals surface area contributed by atoms with Crippen LogP contribution in [0.25, 0.3) is 22.4 Å². The first-order valence-corrected chi connectivity index (χ1v) is 9.31. The largest absolute Gasteiger partial charge is 0.504 e. The number of hydrogen-bond donors (Lipinski definition) is 3. The maximum atomic E-state index is 12.3. The summed E-state index contributed by atoms with van der Waals surface area (Å²) in [6, 6.07) is 17.9. The lowest BCUT2D eigenvalue weighted by molar-refractivity contribution is 0.0955. The van der Waals surface area contributed by atoms with E-state index in [4.69, 9.17) is 4.74 Å². The summed E-state index contributed by atoms with van der Waals surface area (Å²) < 4.78 is 5.05. The average Bonchev–Trinajstić information content (AvgIpc) is 3.21. The second kappa shape index (κ2) is 8.08. The molecule has 0 saturated heterocycles. The molecule has 3 N–H and O–H groups in total. The Kier molecular flexibility index (Phi) is 5.17. The van der Waals surface area contributed by atoms with Crippen molar-refractivity contribution in [2.75, 3.05) is 7.11 Å². The van der Waals surface area contributed by atoms with Crippen LogP contribution in [0.5, 0.6) is 11.5 Å². The number of methoxy groups -OCH3 is 1. The Morgan fingerprint density at radius 3 is 2.70 bits per heavy atom. The molecule has 0 fully saturated rings. The zero-order valence-electron chi connectivity index (χ0n) is 16.5. The van der Waals surface area contributed by atoms with Crippen LogP contribution < -0.4 is 10.2 Å². The van der Waals surface area contributed by atoms with E-state index in [1.807, 2.05) is 37.3 Å². The molecule has 4 aromatic rings. The van der Waals surface area contributed by atoms with Crippen LogP contribution in [0.15, 0.2) is 65.8 Å². The summed E-state index contributed by atoms with van der Waals surface area (Å²) in [6.07, 6.45) is 1.48. The lowest BCUT2D eigenvalue weighted by Crippen LogP contribution is -2.17. The molecule has 0 radical (unpaired) electrons. The molecule has 0 unspecified atom stereocenters. The fourth-order valence-corrected chi connectivity index (χ4v) is 3.10. The summed E-state index contributed by atoms with van der Waals surface area (Å²) in [5, 5.41) is 13.6. The molecule has 3 aromatic carbocycles. The topological polar surface area (TPSA) is 99.6 Å². The highest BCUT2D eigenvalue weighted by Crippen LogP contribution is 2.25. The number of para-hydroxylation sites is 1. The Hall–Kier alpha value is -4.13. The van der Waals surface area contributed by atoms with Crippen molar-refractivity contribution in [3.8, 4) is 22.9 Å². The number of fused-ring (bicyclic) bond motifs is 1. The molecule has 4 rings (SSSR count). The molecule has 150 valence electrons. The summed E-state index contributed by atoms with van der Waals surface area (Å²) in [6.45, 7) is 2.02. The Morgan fingerprint density at radius 1 is 1.17 bits per heavy atom. The summed E-state index contributed by atoms with van der Waals surface area (Å²) in [5.41, 5.74) is 7.57. The Balaban J connectivity index is 1.45. The number of phenolic OH excluding ortho intramolecular Hbond substituents is 1. The number of imidazole rings is 1. The van der Waals surface area contributed by atoms with Gasteiger partial charge in [0.05, 0.1) is 24.4 Å². The van der Waals surface area contributed by atoms with Crippen LogP contribution in [-0.2, 0) is 0 Å². The SMILES string of the molecule is COc1cc(/C=N/NC(=O)c2ccc(-c3nc4c(C)cccc4[nH]3)cc2)ccc1O. The highest BCUT2D eigenvalue weighted by atomic mass is 16.5. The van der Waals surface area contributed by atoms with Gasteiger partial charge in [-0.15, -0.1) is 0 Å². The molecular weight excluding hydrogens is 380 g/mol. The molecule has 0 aliphatic heterocycles. The predicted octanol–water partition coefficient (Wildman–Crippen LogP) is 4.02. The number of aromatic hydroxyl groups is 1. The Labute approximate surface area is 173 Å². The molecule has 30 heavy (non-hydrogen) atoms. The number of benzene rings is 3. The third-order valence-corrected chi connectivity index (χ3v) is 4.72. The van der Waals surface area contributed by atoms with Gasteiger partial charge in [0.25, 0.3) is 5.91 Å². The first-order valence-electron chi connectivity index (χ1n) is 9.31. The summed E-state index contributed by atoms with van der Waals surface area (Å²) in [7, 11) is 1.47. The normalized spacial score (nSPS) is 11.1. The first-order chi connectivity index (χ1) is 14.5. The maximum Gasteiger partial charge on any atom is 0.271 e. The lowest BCUT2D eigenvalue weighted by Gasteiger charge is -2.04. The van der Waals surface area contributed by atoms with Gasteiger partial charge in [0.1, 0.15) is 5.82 Å². The summed E-state index contributed by atoms with van der Waals surface area (Å²) in [4.78, 5) is 20.3. The minimum absolute atomic E-state index is 0.0402. The van der Waals surface area contributed by atoms with Crippen LogP contribution >= 0.6 is 0 Å². The Morgan fingerprint density at radius 2 is 1.97 bits per heavy atom. The van der Waals surface area contributed by atoms with E-state index in [9.17, 15) is 9.90 Å². The van der Waals surface area contributed by atoms with Gasteiger partial charge in [-0.2, -0.15) is 5.10 Å². The fourth-order valence-electron chi connectivity index (χ4n) is 3.10. The predicted molar refractivity (Wildman–Crippen MR) is 116 cm³/mol. The smallest absolute Gasteiger partial charge is 0.271 e. The quantitative estimate of drug-likeness (QED) is 0.348. The van der Waals surface area contributed by atoms with Gasteiger partial charge in [0, 0.05) is 11.1 Å². The number of aromatic nitrogens is 2. The van der Waals surface area contributed by atoms with Gasteiger partial charge in [-0.3, -0.25) is 4.79 Å². The molecule has 0 aliphatic rings. The van der Waals surface area contributed by atoms with Crippen molar-refractivity contribution in [1.29, 1.82) is 0 Å². The number of aromatic amines is 1. The number of rotatable bonds is 5. The molecule has 0 aliphatic carbocycles. The fraction of sp³-hybridized carbons (Fsp3) is 0.0870. The van der Waals surface area contributed by atoms with E-state index < -0.39 is 0 Å². The Bertz CT molecular complexity index is 1240. The number of phenols is 1. The van der Waals surface area contributed by atoms with E-state index in [1.165, 1.54) is 19.4 Å². The van der Waals surface area contributed by atoms with Crippen LogP contribution in [0.2, 0.25) is 0 Å². The van der Waals surface area contributed by atoms with Crippen LogP contribution in [0, 0.1) is 6.92 Å². The maximum absolute atomic E-state index is 12.3. The summed E-state index contributed by atoms with van der Waals surface area (Å²) >= 11 is 0. The lowest BCUT2D eigenvalue weighted by atomic mass is 10.1. The zero-order chi connectivity index (χ0) is 21.1. The standard InChI is InChI=1S/C23H20N4O3/c1-14-4-3-5-18-21(14)26-22(25-18)16-7-9-17(10-8-16)23(29)27-24-13-15-6-11-19(28)20(12-15)30-2/h3-13,28H,1-2H3,(H,25,26)(H,27,29)/b24-13+. The van der Waals surface area contributed by atoms with Crippen molar-refractivity contribution in [2.45, 2.75) is 6.92 Å². The average molecular weight is 400 g/mol. The number of carbonyl (C=O) groups excluding carboxylic acids is 1. The molecule has 1 aromatic heterocycles. The second-order valence-electron chi connectivity index (χ2n) is 6.76. The minimum atomic E-state index is -0.330. The second-order valence-corrected chi connectivity index (χ2v) is 6.76. The van der Waals surface area contributed by atoms with Gasteiger partial charge in [-0.05, 0) is 54.4 Å². The number of nitrogens with one attached hydrogen (secondary N) is 2. The highest BCUT2D eigenvalue weighted by Gasteiger charge is 2.09. The monoisotopic (exact) mass is 400 g/mol. The van der Waals surface area contributed by atoms with Crippen LogP contribution in [0.1, 0.15) is 21.5 Å². The van der Waals surface area contributed by atoms with Crippen LogP contribution in [0.4, 0.5) is 0 Å². The molecule has 0 atom stereocenters.